The minimum Gasteiger partial charge on any atom is -0.497 e. The minimum absolute atomic E-state index is 0.182. The third kappa shape index (κ3) is 2.79. The molecule has 26 heavy (non-hydrogen) atoms. The maximum atomic E-state index is 12.6. The van der Waals surface area contributed by atoms with Crippen LogP contribution in [-0.2, 0) is 0 Å². The summed E-state index contributed by atoms with van der Waals surface area (Å²) in [6.07, 6.45) is 6.31. The average Bonchev–Trinajstić information content (AvgIpc) is 3.11. The van der Waals surface area contributed by atoms with Crippen molar-refractivity contribution in [2.24, 2.45) is 0 Å². The number of fused-ring (bicyclic) bond motifs is 1. The Labute approximate surface area is 150 Å². The molecule has 0 bridgehead atoms. The highest BCUT2D eigenvalue weighted by Crippen LogP contribution is 2.31. The summed E-state index contributed by atoms with van der Waals surface area (Å²) >= 11 is 0. The molecule has 132 valence electrons. The highest BCUT2D eigenvalue weighted by atomic mass is 16.5. The zero-order valence-electron chi connectivity index (χ0n) is 14.4. The van der Waals surface area contributed by atoms with E-state index in [9.17, 15) is 9.59 Å². The van der Waals surface area contributed by atoms with E-state index in [4.69, 9.17) is 4.74 Å². The van der Waals surface area contributed by atoms with Gasteiger partial charge in [-0.05, 0) is 42.3 Å². The lowest BCUT2D eigenvalue weighted by atomic mass is 9.98. The first-order valence-electron chi connectivity index (χ1n) is 8.49. The number of nitrogens with zero attached hydrogens (tertiary/aromatic N) is 1. The van der Waals surface area contributed by atoms with Gasteiger partial charge in [0.2, 0.25) is 0 Å². The molecule has 1 amide bonds. The first kappa shape index (κ1) is 16.2. The van der Waals surface area contributed by atoms with Gasteiger partial charge in [0.15, 0.2) is 0 Å². The number of hydrogen-bond acceptors (Lipinski definition) is 3. The number of ether oxygens (including phenoxy) is 1. The highest BCUT2D eigenvalue weighted by Gasteiger charge is 2.22. The smallest absolute Gasteiger partial charge is 0.260 e. The van der Waals surface area contributed by atoms with Crippen LogP contribution in [0.1, 0.15) is 22.3 Å². The van der Waals surface area contributed by atoms with E-state index < -0.39 is 0 Å². The minimum atomic E-state index is -0.351. The summed E-state index contributed by atoms with van der Waals surface area (Å²) in [5.41, 5.74) is 3.20. The molecule has 0 unspecified atom stereocenters. The molecule has 0 saturated heterocycles. The van der Waals surface area contributed by atoms with Gasteiger partial charge in [-0.25, -0.2) is 0 Å². The van der Waals surface area contributed by atoms with Crippen molar-refractivity contribution < 1.29 is 9.53 Å². The van der Waals surface area contributed by atoms with E-state index in [1.54, 1.807) is 24.1 Å². The lowest BCUT2D eigenvalue weighted by molar-refractivity contribution is 0.0771. The van der Waals surface area contributed by atoms with Gasteiger partial charge >= 0.3 is 0 Å². The number of rotatable bonds is 3. The summed E-state index contributed by atoms with van der Waals surface area (Å²) in [6, 6.07) is 9.17. The lowest BCUT2D eigenvalue weighted by Gasteiger charge is -2.26. The van der Waals surface area contributed by atoms with E-state index in [0.717, 1.165) is 28.6 Å². The molecule has 0 aliphatic carbocycles. The Morgan fingerprint density at radius 3 is 2.85 bits per heavy atom. The Kier molecular flexibility index (Phi) is 4.08. The summed E-state index contributed by atoms with van der Waals surface area (Å²) in [6.45, 7) is 1.06. The van der Waals surface area contributed by atoms with Gasteiger partial charge in [0.05, 0.1) is 7.11 Å². The normalized spacial score (nSPS) is 14.3. The van der Waals surface area contributed by atoms with Crippen molar-refractivity contribution in [1.82, 2.24) is 14.9 Å². The fourth-order valence-corrected chi connectivity index (χ4v) is 3.35. The molecule has 3 heterocycles. The van der Waals surface area contributed by atoms with E-state index in [0.29, 0.717) is 13.1 Å². The van der Waals surface area contributed by atoms with Gasteiger partial charge < -0.3 is 19.6 Å². The molecule has 2 aromatic heterocycles. The number of hydrogen-bond donors (Lipinski definition) is 2. The van der Waals surface area contributed by atoms with Crippen molar-refractivity contribution in [2.75, 3.05) is 20.2 Å². The van der Waals surface area contributed by atoms with Gasteiger partial charge in [-0.2, -0.15) is 0 Å². The molecular formula is C20H19N3O3. The summed E-state index contributed by atoms with van der Waals surface area (Å²) in [7, 11) is 1.65. The predicted octanol–water partition coefficient (Wildman–Crippen LogP) is 2.79. The fourth-order valence-electron chi connectivity index (χ4n) is 3.35. The second-order valence-corrected chi connectivity index (χ2v) is 6.26. The molecule has 0 radical (unpaired) electrons. The second kappa shape index (κ2) is 6.55. The molecule has 0 spiro atoms. The van der Waals surface area contributed by atoms with E-state index >= 15 is 0 Å². The number of nitrogens with one attached hydrogen (secondary N) is 2. The Balaban J connectivity index is 1.59. The van der Waals surface area contributed by atoms with Crippen molar-refractivity contribution in [3.05, 3.63) is 70.3 Å². The second-order valence-electron chi connectivity index (χ2n) is 6.26. The van der Waals surface area contributed by atoms with Gasteiger partial charge in [-0.3, -0.25) is 9.59 Å². The van der Waals surface area contributed by atoms with Crippen molar-refractivity contribution in [2.45, 2.75) is 6.42 Å². The number of benzene rings is 1. The van der Waals surface area contributed by atoms with Crippen molar-refractivity contribution in [1.29, 1.82) is 0 Å². The largest absolute Gasteiger partial charge is 0.497 e. The number of carbonyl (C=O) groups excluding carboxylic acids is 1. The van der Waals surface area contributed by atoms with Crippen molar-refractivity contribution in [3.63, 3.8) is 0 Å². The third-order valence-corrected chi connectivity index (χ3v) is 4.78. The van der Waals surface area contributed by atoms with E-state index in [1.165, 1.54) is 11.8 Å². The maximum Gasteiger partial charge on any atom is 0.260 e. The van der Waals surface area contributed by atoms with Gasteiger partial charge in [-0.15, -0.1) is 0 Å². The van der Waals surface area contributed by atoms with E-state index in [2.05, 4.69) is 16.0 Å². The van der Waals surface area contributed by atoms with Crippen LogP contribution in [0.25, 0.3) is 16.5 Å². The number of carbonyl (C=O) groups is 1. The van der Waals surface area contributed by atoms with Crippen LogP contribution < -0.4 is 10.3 Å². The quantitative estimate of drug-likeness (QED) is 0.763. The van der Waals surface area contributed by atoms with Crippen LogP contribution >= 0.6 is 0 Å². The number of methoxy groups -OCH3 is 1. The molecular weight excluding hydrogens is 330 g/mol. The van der Waals surface area contributed by atoms with Crippen molar-refractivity contribution >= 4 is 22.4 Å². The van der Waals surface area contributed by atoms with Crippen LogP contribution in [0.15, 0.2) is 53.6 Å². The number of amides is 1. The summed E-state index contributed by atoms with van der Waals surface area (Å²) in [4.78, 5) is 31.9. The Morgan fingerprint density at radius 1 is 1.23 bits per heavy atom. The Bertz CT molecular complexity index is 1060. The summed E-state index contributed by atoms with van der Waals surface area (Å²) < 4.78 is 5.32. The molecule has 0 saturated carbocycles. The topological polar surface area (TPSA) is 78.2 Å². The van der Waals surface area contributed by atoms with Gasteiger partial charge in [0.25, 0.3) is 11.5 Å². The van der Waals surface area contributed by atoms with Crippen LogP contribution in [0.5, 0.6) is 5.75 Å². The zero-order valence-corrected chi connectivity index (χ0v) is 14.4. The van der Waals surface area contributed by atoms with Crippen LogP contribution in [0.3, 0.4) is 0 Å². The summed E-state index contributed by atoms with van der Waals surface area (Å²) in [5.74, 6) is 0.581. The molecule has 0 atom stereocenters. The number of pyridine rings is 1. The molecule has 6 heteroatoms. The SMILES string of the molecule is COc1ccc2[nH]cc(C3=CCN(C(=O)c4ccc[nH]c4=O)CC3)c2c1. The van der Waals surface area contributed by atoms with Crippen LogP contribution in [-0.4, -0.2) is 41.0 Å². The molecule has 0 fully saturated rings. The molecule has 4 rings (SSSR count). The van der Waals surface area contributed by atoms with E-state index in [1.807, 2.05) is 24.4 Å². The monoisotopic (exact) mass is 349 g/mol. The number of aromatic amines is 2. The van der Waals surface area contributed by atoms with Crippen LogP contribution in [0.2, 0.25) is 0 Å². The van der Waals surface area contributed by atoms with Gasteiger partial charge in [0.1, 0.15) is 11.3 Å². The van der Waals surface area contributed by atoms with Gasteiger partial charge in [-0.1, -0.05) is 6.08 Å². The lowest BCUT2D eigenvalue weighted by Crippen LogP contribution is -2.37. The molecule has 2 N–H and O–H groups in total. The first-order chi connectivity index (χ1) is 12.7. The first-order valence-corrected chi connectivity index (χ1v) is 8.49. The number of H-pyrrole nitrogens is 2. The third-order valence-electron chi connectivity index (χ3n) is 4.78. The van der Waals surface area contributed by atoms with Gasteiger partial charge in [0, 0.05) is 41.9 Å². The highest BCUT2D eigenvalue weighted by molar-refractivity contribution is 5.96. The van der Waals surface area contributed by atoms with E-state index in [-0.39, 0.29) is 17.0 Å². The van der Waals surface area contributed by atoms with Crippen molar-refractivity contribution in [3.8, 4) is 5.75 Å². The molecule has 1 aromatic carbocycles. The predicted molar refractivity (Wildman–Crippen MR) is 100 cm³/mol. The van der Waals surface area contributed by atoms with Crippen LogP contribution in [0, 0.1) is 0 Å². The molecule has 1 aliphatic rings. The maximum absolute atomic E-state index is 12.6. The zero-order chi connectivity index (χ0) is 18.1. The standard InChI is InChI=1S/C20H19N3O3/c1-26-14-4-5-18-16(11-14)17(12-22-18)13-6-9-23(10-7-13)20(25)15-3-2-8-21-19(15)24/h2-6,8,11-12,22H,7,9-10H2,1H3,(H,21,24). The Morgan fingerprint density at radius 2 is 2.12 bits per heavy atom. The number of aromatic nitrogens is 2. The average molecular weight is 349 g/mol. The van der Waals surface area contributed by atoms with Crippen LogP contribution in [0.4, 0.5) is 0 Å². The molecule has 1 aliphatic heterocycles. The molecule has 6 nitrogen and oxygen atoms in total. The molecule has 3 aromatic rings. The fraction of sp³-hybridized carbons (Fsp3) is 0.200. The Hall–Kier alpha value is -3.28. The summed E-state index contributed by atoms with van der Waals surface area (Å²) in [5, 5.41) is 1.11.